The van der Waals surface area contributed by atoms with Crippen LogP contribution in [-0.4, -0.2) is 20.9 Å². The molecule has 0 aliphatic carbocycles. The number of hydrogen-bond donors (Lipinski definition) is 1. The van der Waals surface area contributed by atoms with Gasteiger partial charge in [-0.25, -0.2) is 0 Å². The Labute approximate surface area is 307 Å². The van der Waals surface area contributed by atoms with E-state index in [1.165, 1.54) is 42.2 Å². The molecular formula is C45H34IrN2O2-2. The first-order valence-corrected chi connectivity index (χ1v) is 16.0. The van der Waals surface area contributed by atoms with E-state index in [2.05, 4.69) is 114 Å². The number of nitrogens with zero attached hydrogens (tertiary/aromatic N) is 2. The summed E-state index contributed by atoms with van der Waals surface area (Å²) in [5, 5.41) is 8.36. The Morgan fingerprint density at radius 1 is 0.560 bits per heavy atom. The van der Waals surface area contributed by atoms with Crippen molar-refractivity contribution in [1.82, 2.24) is 9.97 Å². The van der Waals surface area contributed by atoms with Crippen molar-refractivity contribution >= 4 is 5.78 Å². The second kappa shape index (κ2) is 17.1. The van der Waals surface area contributed by atoms with Crippen molar-refractivity contribution in [2.24, 2.45) is 0 Å². The number of benzene rings is 5. The molecule has 0 saturated carbocycles. The van der Waals surface area contributed by atoms with Crippen LogP contribution in [0.2, 0.25) is 0 Å². The number of hydrogen-bond acceptors (Lipinski definition) is 4. The second-order valence-corrected chi connectivity index (χ2v) is 11.5. The Kier molecular flexibility index (Phi) is 12.1. The summed E-state index contributed by atoms with van der Waals surface area (Å²) in [4.78, 5) is 19.3. The summed E-state index contributed by atoms with van der Waals surface area (Å²) in [6.07, 6.45) is 4.99. The molecule has 5 heteroatoms. The summed E-state index contributed by atoms with van der Waals surface area (Å²) in [7, 11) is 0. The molecule has 0 amide bonds. The van der Waals surface area contributed by atoms with Crippen LogP contribution in [0.1, 0.15) is 13.8 Å². The smallest absolute Gasteiger partial charge is 0.155 e. The van der Waals surface area contributed by atoms with E-state index in [1.807, 2.05) is 60.9 Å². The Balaban J connectivity index is 0.000000553. The number of aliphatic hydroxyl groups excluding tert-OH is 1. The number of aliphatic hydroxyl groups is 1. The zero-order valence-electron chi connectivity index (χ0n) is 27.7. The number of pyridine rings is 2. The van der Waals surface area contributed by atoms with Crippen LogP contribution in [0.15, 0.2) is 170 Å². The Morgan fingerprint density at radius 3 is 1.62 bits per heavy atom. The number of carbonyl (C=O) groups is 1. The third-order valence-electron chi connectivity index (χ3n) is 7.85. The monoisotopic (exact) mass is 827 g/mol. The van der Waals surface area contributed by atoms with Gasteiger partial charge in [-0.15, -0.1) is 71.8 Å². The molecule has 2 heterocycles. The van der Waals surface area contributed by atoms with Gasteiger partial charge in [0.15, 0.2) is 5.78 Å². The summed E-state index contributed by atoms with van der Waals surface area (Å²) in [5.41, 5.74) is 13.0. The molecule has 50 heavy (non-hydrogen) atoms. The van der Waals surface area contributed by atoms with Gasteiger partial charge < -0.3 is 15.1 Å². The summed E-state index contributed by atoms with van der Waals surface area (Å²) < 4.78 is 0. The van der Waals surface area contributed by atoms with Crippen LogP contribution in [0.5, 0.6) is 0 Å². The van der Waals surface area contributed by atoms with Crippen molar-refractivity contribution in [2.45, 2.75) is 13.8 Å². The number of carbonyl (C=O) groups excluding carboxylic acids is 1. The summed E-state index contributed by atoms with van der Waals surface area (Å²) in [5.74, 6) is -0.0625. The largest absolute Gasteiger partial charge is 0.512 e. The van der Waals surface area contributed by atoms with Crippen molar-refractivity contribution in [3.63, 3.8) is 0 Å². The van der Waals surface area contributed by atoms with Crippen LogP contribution in [0.4, 0.5) is 0 Å². The second-order valence-electron chi connectivity index (χ2n) is 11.5. The van der Waals surface area contributed by atoms with Gasteiger partial charge in [0.2, 0.25) is 0 Å². The van der Waals surface area contributed by atoms with Crippen LogP contribution in [0.25, 0.3) is 67.0 Å². The normalized spacial score (nSPS) is 10.7. The van der Waals surface area contributed by atoms with Crippen molar-refractivity contribution < 1.29 is 30.0 Å². The SMILES string of the molecule is CC(=O)C=C(C)O.[Ir].[c-]1ccccc1-c1ccc(-c2cccc(-c3cccc(-c4ccccc4-c4ccnc(-c5[c-]cccc5)c4)c3)c2)cn1. The van der Waals surface area contributed by atoms with E-state index in [4.69, 9.17) is 10.1 Å². The molecule has 1 N–H and O–H groups in total. The average Bonchev–Trinajstić information content (AvgIpc) is 3.15. The van der Waals surface area contributed by atoms with Gasteiger partial charge >= 0.3 is 0 Å². The molecule has 0 saturated heterocycles. The van der Waals surface area contributed by atoms with Crippen molar-refractivity contribution in [2.75, 3.05) is 0 Å². The minimum Gasteiger partial charge on any atom is -0.512 e. The fourth-order valence-corrected chi connectivity index (χ4v) is 5.60. The van der Waals surface area contributed by atoms with Gasteiger partial charge in [0.05, 0.1) is 5.76 Å². The molecule has 0 aliphatic rings. The molecule has 5 aromatic carbocycles. The minimum absolute atomic E-state index is 0. The molecular weight excluding hydrogens is 793 g/mol. The molecule has 0 bridgehead atoms. The van der Waals surface area contributed by atoms with E-state index >= 15 is 0 Å². The van der Waals surface area contributed by atoms with E-state index in [0.29, 0.717) is 0 Å². The Bertz CT molecular complexity index is 2210. The third kappa shape index (κ3) is 9.03. The molecule has 247 valence electrons. The summed E-state index contributed by atoms with van der Waals surface area (Å²) in [6.45, 7) is 2.85. The molecule has 7 rings (SSSR count). The van der Waals surface area contributed by atoms with Crippen LogP contribution in [-0.2, 0) is 24.9 Å². The maximum atomic E-state index is 10.0. The van der Waals surface area contributed by atoms with E-state index in [1.54, 1.807) is 0 Å². The molecule has 0 spiro atoms. The number of allylic oxidation sites excluding steroid dienone is 2. The minimum atomic E-state index is -0.125. The van der Waals surface area contributed by atoms with Crippen LogP contribution in [0.3, 0.4) is 0 Å². The zero-order valence-corrected chi connectivity index (χ0v) is 30.1. The van der Waals surface area contributed by atoms with Gasteiger partial charge in [-0.05, 0) is 87.9 Å². The van der Waals surface area contributed by atoms with Crippen LogP contribution >= 0.6 is 0 Å². The molecule has 0 fully saturated rings. The number of rotatable bonds is 7. The Morgan fingerprint density at radius 2 is 1.10 bits per heavy atom. The topological polar surface area (TPSA) is 63.1 Å². The fraction of sp³-hybridized carbons (Fsp3) is 0.0444. The first kappa shape index (κ1) is 35.6. The third-order valence-corrected chi connectivity index (χ3v) is 7.85. The van der Waals surface area contributed by atoms with Gasteiger partial charge in [-0.3, -0.25) is 4.79 Å². The first-order chi connectivity index (χ1) is 23.9. The van der Waals surface area contributed by atoms with Gasteiger partial charge in [0, 0.05) is 38.6 Å². The Hall–Kier alpha value is -5.74. The maximum Gasteiger partial charge on any atom is 0.155 e. The summed E-state index contributed by atoms with van der Waals surface area (Å²) >= 11 is 0. The standard InChI is InChI=1S/C40H26N2.C5H8O2.Ir/c1-3-11-29(12-4-1)39-22-21-36(28-42-39)33-17-9-15-31(25-33)32-16-10-18-34(26-32)37-19-7-8-20-38(37)35-23-24-41-40(27-35)30-13-5-2-6-14-30;1-4(6)3-5(2)7;/h1-11,13,15-28H;3,6H,1-2H3;/q-2;;. The van der Waals surface area contributed by atoms with Gasteiger partial charge in [0.25, 0.3) is 0 Å². The molecule has 0 atom stereocenters. The predicted molar refractivity (Wildman–Crippen MR) is 199 cm³/mol. The quantitative estimate of drug-likeness (QED) is 0.0988. The predicted octanol–water partition coefficient (Wildman–Crippen LogP) is 11.1. The van der Waals surface area contributed by atoms with Crippen molar-refractivity contribution in [3.05, 3.63) is 182 Å². The average molecular weight is 827 g/mol. The zero-order chi connectivity index (χ0) is 34.0. The van der Waals surface area contributed by atoms with E-state index in [-0.39, 0.29) is 31.6 Å². The van der Waals surface area contributed by atoms with Gasteiger partial charge in [0.1, 0.15) is 0 Å². The van der Waals surface area contributed by atoms with E-state index in [9.17, 15) is 4.79 Å². The maximum absolute atomic E-state index is 10.0. The molecule has 0 unspecified atom stereocenters. The van der Waals surface area contributed by atoms with E-state index < -0.39 is 0 Å². The van der Waals surface area contributed by atoms with Crippen LogP contribution in [0, 0.1) is 12.1 Å². The molecule has 2 aromatic heterocycles. The van der Waals surface area contributed by atoms with E-state index in [0.717, 1.165) is 44.8 Å². The van der Waals surface area contributed by atoms with Gasteiger partial charge in [-0.1, -0.05) is 78.9 Å². The first-order valence-electron chi connectivity index (χ1n) is 16.0. The molecule has 7 aromatic rings. The van der Waals surface area contributed by atoms with Crippen molar-refractivity contribution in [3.8, 4) is 67.0 Å². The summed E-state index contributed by atoms with van der Waals surface area (Å²) in [6, 6.07) is 56.8. The van der Waals surface area contributed by atoms with Crippen LogP contribution < -0.4 is 0 Å². The van der Waals surface area contributed by atoms with Crippen molar-refractivity contribution in [1.29, 1.82) is 0 Å². The fourth-order valence-electron chi connectivity index (χ4n) is 5.60. The molecule has 1 radical (unpaired) electrons. The molecule has 0 aliphatic heterocycles. The molecule has 4 nitrogen and oxygen atoms in total. The number of ketones is 1. The van der Waals surface area contributed by atoms with Gasteiger partial charge in [-0.2, -0.15) is 0 Å². The number of aromatic nitrogens is 2.